The minimum atomic E-state index is -0.320. The van der Waals surface area contributed by atoms with Gasteiger partial charge in [0.2, 0.25) is 0 Å². The van der Waals surface area contributed by atoms with E-state index in [-0.39, 0.29) is 16.7 Å². The summed E-state index contributed by atoms with van der Waals surface area (Å²) in [5, 5.41) is 0.768. The number of benzene rings is 3. The lowest BCUT2D eigenvalue weighted by Gasteiger charge is -2.03. The molecule has 3 aromatic carbocycles. The van der Waals surface area contributed by atoms with Gasteiger partial charge in [-0.15, -0.1) is 0 Å². The Balaban J connectivity index is 0.000000210. The first kappa shape index (κ1) is 24.1. The van der Waals surface area contributed by atoms with E-state index >= 15 is 0 Å². The van der Waals surface area contributed by atoms with Crippen LogP contribution in [0.25, 0.3) is 0 Å². The summed E-state index contributed by atoms with van der Waals surface area (Å²) >= 11 is 11.0. The summed E-state index contributed by atoms with van der Waals surface area (Å²) in [4.78, 5) is 0. The molecule has 0 amide bonds. The van der Waals surface area contributed by atoms with E-state index in [4.69, 9.17) is 23.2 Å². The van der Waals surface area contributed by atoms with E-state index in [9.17, 15) is 8.78 Å². The number of hydrogen-bond acceptors (Lipinski definition) is 0. The molecule has 3 rings (SSSR count). The normalized spacial score (nSPS) is 9.93. The zero-order valence-electron chi connectivity index (χ0n) is 16.9. The van der Waals surface area contributed by atoms with Gasteiger partial charge >= 0.3 is 0 Å². The summed E-state index contributed by atoms with van der Waals surface area (Å²) in [7, 11) is 0. The van der Waals surface area contributed by atoms with Crippen molar-refractivity contribution >= 4 is 23.2 Å². The number of rotatable bonds is 1. The molecule has 0 radical (unpaired) electrons. The maximum absolute atomic E-state index is 12.6. The third-order valence-electron chi connectivity index (χ3n) is 4.01. The van der Waals surface area contributed by atoms with E-state index < -0.39 is 0 Å². The van der Waals surface area contributed by atoms with Gasteiger partial charge in [-0.1, -0.05) is 79.0 Å². The Morgan fingerprint density at radius 1 is 0.750 bits per heavy atom. The second-order valence-corrected chi connectivity index (χ2v) is 7.67. The molecule has 0 saturated heterocycles. The van der Waals surface area contributed by atoms with Gasteiger partial charge in [-0.05, 0) is 67.6 Å². The average Bonchev–Trinajstić information content (AvgIpc) is 2.64. The highest BCUT2D eigenvalue weighted by molar-refractivity contribution is 6.31. The zero-order valence-corrected chi connectivity index (χ0v) is 18.4. The number of aryl methyl sites for hydroxylation is 3. The van der Waals surface area contributed by atoms with E-state index in [2.05, 4.69) is 45.0 Å². The Kier molecular flexibility index (Phi) is 10.2. The first-order valence-corrected chi connectivity index (χ1v) is 9.76. The summed E-state index contributed by atoms with van der Waals surface area (Å²) in [5.74, 6) is 0.124. The summed E-state index contributed by atoms with van der Waals surface area (Å²) in [5.41, 5.74) is 3.93. The van der Waals surface area contributed by atoms with Crippen molar-refractivity contribution in [2.24, 2.45) is 0 Å². The largest absolute Gasteiger partial charge is 0.207 e. The van der Waals surface area contributed by atoms with Crippen molar-refractivity contribution < 1.29 is 8.78 Å². The molecule has 150 valence electrons. The van der Waals surface area contributed by atoms with Gasteiger partial charge in [0.1, 0.15) is 11.6 Å². The van der Waals surface area contributed by atoms with Crippen LogP contribution in [0.2, 0.25) is 10.0 Å². The van der Waals surface area contributed by atoms with Crippen LogP contribution in [-0.4, -0.2) is 0 Å². The molecule has 0 N–H and O–H groups in total. The Morgan fingerprint density at radius 2 is 1.36 bits per heavy atom. The molecule has 0 atom stereocenters. The second kappa shape index (κ2) is 11.8. The molecule has 0 unspecified atom stereocenters. The Morgan fingerprint density at radius 3 is 1.79 bits per heavy atom. The lowest BCUT2D eigenvalue weighted by atomic mass is 10.0. The average molecular weight is 423 g/mol. The van der Waals surface area contributed by atoms with E-state index in [1.165, 1.54) is 29.3 Å². The summed E-state index contributed by atoms with van der Waals surface area (Å²) in [6.07, 6.45) is 0. The third-order valence-corrected chi connectivity index (χ3v) is 4.54. The molecule has 0 aliphatic carbocycles. The molecule has 0 fully saturated rings. The van der Waals surface area contributed by atoms with Crippen molar-refractivity contribution in [3.05, 3.63) is 105 Å². The molecule has 28 heavy (non-hydrogen) atoms. The lowest BCUT2D eigenvalue weighted by Crippen LogP contribution is -1.85. The van der Waals surface area contributed by atoms with Crippen molar-refractivity contribution in [3.63, 3.8) is 0 Å². The molecule has 0 aliphatic rings. The molecule has 0 heterocycles. The van der Waals surface area contributed by atoms with Gasteiger partial charge in [0.15, 0.2) is 0 Å². The highest BCUT2D eigenvalue weighted by Crippen LogP contribution is 2.16. The van der Waals surface area contributed by atoms with Crippen LogP contribution >= 0.6 is 23.2 Å². The summed E-state index contributed by atoms with van der Waals surface area (Å²) < 4.78 is 25.0. The van der Waals surface area contributed by atoms with Crippen LogP contribution in [0.4, 0.5) is 8.78 Å². The minimum Gasteiger partial charge on any atom is -0.207 e. The Bertz CT molecular complexity index is 852. The highest BCUT2D eigenvalue weighted by atomic mass is 35.5. The molecule has 0 aromatic heterocycles. The standard InChI is InChI=1S/C10H14.2C7H6ClF/c1-8(2)10-6-4-9(3)5-7-10;1-5-4-6(8)2-3-7(5)9;1-5-3-2-4-6(8)7(5)9/h4-8H,1-3H3;2*2-4H,1H3. The van der Waals surface area contributed by atoms with Crippen LogP contribution < -0.4 is 0 Å². The second-order valence-electron chi connectivity index (χ2n) is 6.83. The van der Waals surface area contributed by atoms with E-state index in [0.717, 1.165) is 0 Å². The van der Waals surface area contributed by atoms with Crippen molar-refractivity contribution in [1.82, 2.24) is 0 Å². The van der Waals surface area contributed by atoms with Gasteiger partial charge in [0.05, 0.1) is 5.02 Å². The molecule has 3 aromatic rings. The van der Waals surface area contributed by atoms with Gasteiger partial charge in [-0.25, -0.2) is 8.78 Å². The monoisotopic (exact) mass is 422 g/mol. The van der Waals surface area contributed by atoms with Crippen molar-refractivity contribution in [3.8, 4) is 0 Å². The number of hydrogen-bond donors (Lipinski definition) is 0. The molecule has 4 heteroatoms. The predicted octanol–water partition coefficient (Wildman–Crippen LogP) is 8.69. The van der Waals surface area contributed by atoms with Gasteiger partial charge in [0, 0.05) is 5.02 Å². The molecular formula is C24H26Cl2F2. The van der Waals surface area contributed by atoms with Crippen LogP contribution in [0.1, 0.15) is 42.0 Å². The van der Waals surface area contributed by atoms with Gasteiger partial charge in [-0.2, -0.15) is 0 Å². The lowest BCUT2D eigenvalue weighted by molar-refractivity contribution is 0.618. The van der Waals surface area contributed by atoms with Gasteiger partial charge in [0.25, 0.3) is 0 Å². The maximum Gasteiger partial charge on any atom is 0.144 e. The van der Waals surface area contributed by atoms with Crippen LogP contribution in [0, 0.1) is 32.4 Å². The van der Waals surface area contributed by atoms with Crippen molar-refractivity contribution in [2.45, 2.75) is 40.5 Å². The maximum atomic E-state index is 12.6. The van der Waals surface area contributed by atoms with Crippen LogP contribution in [0.15, 0.2) is 60.7 Å². The SMILES string of the molecule is Cc1cc(Cl)ccc1F.Cc1ccc(C(C)C)cc1.Cc1cccc(Cl)c1F. The number of halogens is 4. The quantitative estimate of drug-likeness (QED) is 0.367. The molecule has 0 saturated carbocycles. The third kappa shape index (κ3) is 8.41. The summed E-state index contributed by atoms with van der Waals surface area (Å²) in [6, 6.07) is 18.1. The van der Waals surface area contributed by atoms with Gasteiger partial charge in [-0.3, -0.25) is 0 Å². The smallest absolute Gasteiger partial charge is 0.144 e. The Labute approximate surface area is 177 Å². The minimum absolute atomic E-state index is 0.190. The van der Waals surface area contributed by atoms with Crippen LogP contribution in [-0.2, 0) is 0 Å². The molecule has 0 bridgehead atoms. The van der Waals surface area contributed by atoms with Gasteiger partial charge < -0.3 is 0 Å². The van der Waals surface area contributed by atoms with Crippen molar-refractivity contribution in [1.29, 1.82) is 0 Å². The fourth-order valence-electron chi connectivity index (χ4n) is 2.17. The zero-order chi connectivity index (χ0) is 21.3. The molecule has 0 aliphatic heterocycles. The fraction of sp³-hybridized carbons (Fsp3) is 0.250. The topological polar surface area (TPSA) is 0 Å². The van der Waals surface area contributed by atoms with E-state index in [1.54, 1.807) is 32.0 Å². The van der Waals surface area contributed by atoms with Crippen LogP contribution in [0.3, 0.4) is 0 Å². The van der Waals surface area contributed by atoms with E-state index in [0.29, 0.717) is 22.1 Å². The molecule has 0 spiro atoms. The summed E-state index contributed by atoms with van der Waals surface area (Å²) in [6.45, 7) is 9.90. The highest BCUT2D eigenvalue weighted by Gasteiger charge is 1.99. The molecular weight excluding hydrogens is 397 g/mol. The fourth-order valence-corrected chi connectivity index (χ4v) is 2.62. The van der Waals surface area contributed by atoms with Crippen LogP contribution in [0.5, 0.6) is 0 Å². The first-order valence-electron chi connectivity index (χ1n) is 9.00. The first-order chi connectivity index (χ1) is 13.1. The molecule has 0 nitrogen and oxygen atoms in total. The Hall–Kier alpha value is -1.90. The van der Waals surface area contributed by atoms with Crippen molar-refractivity contribution in [2.75, 3.05) is 0 Å². The van der Waals surface area contributed by atoms with E-state index in [1.807, 2.05) is 0 Å². The predicted molar refractivity (Wildman–Crippen MR) is 118 cm³/mol.